The van der Waals surface area contributed by atoms with E-state index in [4.69, 9.17) is 21.1 Å². The first kappa shape index (κ1) is 20.9. The molecule has 0 spiro atoms. The van der Waals surface area contributed by atoms with Gasteiger partial charge < -0.3 is 20.1 Å². The summed E-state index contributed by atoms with van der Waals surface area (Å²) < 4.78 is 28.5. The third-order valence-electron chi connectivity index (χ3n) is 3.81. The highest BCUT2D eigenvalue weighted by molar-refractivity contribution is 6.31. The molecule has 11 nitrogen and oxygen atoms in total. The Hall–Kier alpha value is -2.80. The molecule has 0 saturated carbocycles. The van der Waals surface area contributed by atoms with Crippen molar-refractivity contribution >= 4 is 29.0 Å². The van der Waals surface area contributed by atoms with Crippen LogP contribution in [0.25, 0.3) is 0 Å². The van der Waals surface area contributed by atoms with E-state index >= 15 is 0 Å². The Morgan fingerprint density at radius 2 is 2.34 bits per heavy atom. The molecule has 1 aromatic heterocycles. The third kappa shape index (κ3) is 5.60. The molecule has 2 aromatic rings. The zero-order valence-electron chi connectivity index (χ0n) is 15.0. The van der Waals surface area contributed by atoms with Crippen molar-refractivity contribution in [2.45, 2.75) is 6.04 Å². The molecule has 156 valence electrons. The molecule has 1 aliphatic heterocycles. The first-order valence-corrected chi connectivity index (χ1v) is 8.94. The van der Waals surface area contributed by atoms with Gasteiger partial charge >= 0.3 is 0 Å². The molecule has 1 aromatic carbocycles. The Bertz CT molecular complexity index is 873. The van der Waals surface area contributed by atoms with Crippen LogP contribution in [0.4, 0.5) is 10.1 Å². The number of carbonyl (C=O) groups excluding carboxylic acids is 1. The van der Waals surface area contributed by atoms with Crippen LogP contribution in [-0.4, -0.2) is 66.2 Å². The number of aliphatic imine (C=N–C) groups is 1. The van der Waals surface area contributed by atoms with Gasteiger partial charge in [0.15, 0.2) is 5.84 Å². The Morgan fingerprint density at radius 3 is 3.07 bits per heavy atom. The van der Waals surface area contributed by atoms with Crippen LogP contribution in [0.5, 0.6) is 5.88 Å². The number of amidine groups is 1. The van der Waals surface area contributed by atoms with Gasteiger partial charge in [-0.05, 0) is 28.5 Å². The fourth-order valence-electron chi connectivity index (χ4n) is 2.41. The molecule has 1 atom stereocenters. The fraction of sp³-hybridized carbons (Fsp3) is 0.375. The van der Waals surface area contributed by atoms with Crippen molar-refractivity contribution in [3.05, 3.63) is 34.7 Å². The van der Waals surface area contributed by atoms with Crippen molar-refractivity contribution in [1.29, 1.82) is 0 Å². The fourth-order valence-corrected chi connectivity index (χ4v) is 2.59. The van der Waals surface area contributed by atoms with E-state index in [1.165, 1.54) is 12.1 Å². The minimum atomic E-state index is -0.603. The molecular formula is C16H18ClFN6O5. The van der Waals surface area contributed by atoms with E-state index in [2.05, 4.69) is 30.6 Å². The van der Waals surface area contributed by atoms with E-state index in [9.17, 15) is 14.4 Å². The SMILES string of the molecule is O=C(NCCOc1nonc1C(=Nc1ccc(F)c(Cl)c1)NO)C1COCCN1. The molecule has 13 heteroatoms. The van der Waals surface area contributed by atoms with Crippen LogP contribution < -0.4 is 20.9 Å². The summed E-state index contributed by atoms with van der Waals surface area (Å²) in [5, 5.41) is 22.2. The van der Waals surface area contributed by atoms with Gasteiger partial charge in [-0.15, -0.1) is 0 Å². The zero-order chi connectivity index (χ0) is 20.6. The third-order valence-corrected chi connectivity index (χ3v) is 4.10. The predicted octanol–water partition coefficient (Wildman–Crippen LogP) is 0.403. The van der Waals surface area contributed by atoms with Crippen molar-refractivity contribution < 1.29 is 28.5 Å². The van der Waals surface area contributed by atoms with Crippen LogP contribution in [0.15, 0.2) is 27.8 Å². The number of nitrogens with zero attached hydrogens (tertiary/aromatic N) is 3. The van der Waals surface area contributed by atoms with Gasteiger partial charge in [-0.1, -0.05) is 11.6 Å². The average molecular weight is 429 g/mol. The highest BCUT2D eigenvalue weighted by Gasteiger charge is 2.21. The normalized spacial score (nSPS) is 17.1. The maximum Gasteiger partial charge on any atom is 0.287 e. The van der Waals surface area contributed by atoms with Gasteiger partial charge in [-0.2, -0.15) is 0 Å². The molecule has 0 aliphatic carbocycles. The average Bonchev–Trinajstić information content (AvgIpc) is 3.20. The van der Waals surface area contributed by atoms with Crippen LogP contribution in [0.3, 0.4) is 0 Å². The van der Waals surface area contributed by atoms with Crippen LogP contribution in [0, 0.1) is 5.82 Å². The van der Waals surface area contributed by atoms with E-state index in [1.807, 2.05) is 5.48 Å². The number of ether oxygens (including phenoxy) is 2. The van der Waals surface area contributed by atoms with E-state index in [0.29, 0.717) is 19.8 Å². The molecule has 4 N–H and O–H groups in total. The smallest absolute Gasteiger partial charge is 0.287 e. The largest absolute Gasteiger partial charge is 0.472 e. The lowest BCUT2D eigenvalue weighted by Crippen LogP contribution is -2.51. The van der Waals surface area contributed by atoms with Gasteiger partial charge in [0.1, 0.15) is 18.5 Å². The summed E-state index contributed by atoms with van der Waals surface area (Å²) in [5.41, 5.74) is 2.08. The van der Waals surface area contributed by atoms with Crippen LogP contribution in [0.2, 0.25) is 5.02 Å². The monoisotopic (exact) mass is 428 g/mol. The van der Waals surface area contributed by atoms with Crippen molar-refractivity contribution in [2.75, 3.05) is 32.9 Å². The second-order valence-electron chi connectivity index (χ2n) is 5.81. The second kappa shape index (κ2) is 10.1. The molecule has 1 amide bonds. The summed E-state index contributed by atoms with van der Waals surface area (Å²) in [6.07, 6.45) is 0. The zero-order valence-corrected chi connectivity index (χ0v) is 15.8. The number of hydrogen-bond acceptors (Lipinski definition) is 9. The molecule has 29 heavy (non-hydrogen) atoms. The molecular weight excluding hydrogens is 411 g/mol. The van der Waals surface area contributed by atoms with Crippen molar-refractivity contribution in [3.63, 3.8) is 0 Å². The molecule has 1 saturated heterocycles. The molecule has 2 heterocycles. The van der Waals surface area contributed by atoms with Crippen LogP contribution in [0.1, 0.15) is 5.69 Å². The van der Waals surface area contributed by atoms with Gasteiger partial charge in [0.2, 0.25) is 11.6 Å². The minimum Gasteiger partial charge on any atom is -0.472 e. The number of hydrogen-bond donors (Lipinski definition) is 4. The molecule has 3 rings (SSSR count). The summed E-state index contributed by atoms with van der Waals surface area (Å²) in [6.45, 7) is 1.73. The van der Waals surface area contributed by atoms with Crippen molar-refractivity contribution in [2.24, 2.45) is 4.99 Å². The van der Waals surface area contributed by atoms with E-state index in [-0.39, 0.29) is 47.2 Å². The highest BCUT2D eigenvalue weighted by atomic mass is 35.5. The van der Waals surface area contributed by atoms with Gasteiger partial charge in [0, 0.05) is 6.54 Å². The summed E-state index contributed by atoms with van der Waals surface area (Å²) in [5.74, 6) is -1.03. The lowest BCUT2D eigenvalue weighted by molar-refractivity contribution is -0.126. The topological polar surface area (TPSA) is 143 Å². The second-order valence-corrected chi connectivity index (χ2v) is 6.22. The molecule has 1 aliphatic rings. The first-order chi connectivity index (χ1) is 14.1. The van der Waals surface area contributed by atoms with Gasteiger partial charge in [-0.25, -0.2) is 14.0 Å². The number of amides is 1. The van der Waals surface area contributed by atoms with Gasteiger partial charge in [0.05, 0.1) is 30.5 Å². The molecule has 0 radical (unpaired) electrons. The van der Waals surface area contributed by atoms with Crippen LogP contribution in [-0.2, 0) is 9.53 Å². The number of rotatable bonds is 7. The van der Waals surface area contributed by atoms with E-state index in [0.717, 1.165) is 6.07 Å². The number of nitrogens with one attached hydrogen (secondary N) is 3. The molecule has 1 unspecified atom stereocenters. The van der Waals surface area contributed by atoms with Crippen molar-refractivity contribution in [1.82, 2.24) is 26.4 Å². The molecule has 1 fully saturated rings. The molecule has 0 bridgehead atoms. The summed E-state index contributed by atoms with van der Waals surface area (Å²) in [6, 6.07) is 3.34. The predicted molar refractivity (Wildman–Crippen MR) is 97.9 cm³/mol. The Morgan fingerprint density at radius 1 is 1.48 bits per heavy atom. The van der Waals surface area contributed by atoms with E-state index in [1.54, 1.807) is 0 Å². The maximum absolute atomic E-state index is 13.3. The van der Waals surface area contributed by atoms with Gasteiger partial charge in [0.25, 0.3) is 5.88 Å². The first-order valence-electron chi connectivity index (χ1n) is 8.57. The number of carbonyl (C=O) groups is 1. The maximum atomic E-state index is 13.3. The van der Waals surface area contributed by atoms with E-state index < -0.39 is 11.9 Å². The summed E-state index contributed by atoms with van der Waals surface area (Å²) in [7, 11) is 0. The Balaban J connectivity index is 1.58. The lowest BCUT2D eigenvalue weighted by atomic mass is 10.2. The lowest BCUT2D eigenvalue weighted by Gasteiger charge is -2.22. The number of benzene rings is 1. The highest BCUT2D eigenvalue weighted by Crippen LogP contribution is 2.23. The Labute approximate surface area is 169 Å². The summed E-state index contributed by atoms with van der Waals surface area (Å²) >= 11 is 5.72. The minimum absolute atomic E-state index is 0.0263. The van der Waals surface area contributed by atoms with Crippen molar-refractivity contribution in [3.8, 4) is 5.88 Å². The van der Waals surface area contributed by atoms with Gasteiger partial charge in [-0.3, -0.25) is 15.5 Å². The quantitative estimate of drug-likeness (QED) is 0.213. The number of halogens is 2. The number of aromatic nitrogens is 2. The van der Waals surface area contributed by atoms with Crippen LogP contribution >= 0.6 is 11.6 Å². The Kier molecular flexibility index (Phi) is 7.30. The standard InChI is InChI=1S/C16H18ClFN6O5/c17-10-7-9(1-2-11(10)18)21-14(22-26)13-16(24-29-23-13)28-6-4-20-15(25)12-8-27-5-3-19-12/h1-2,7,12,19,26H,3-6,8H2,(H,20,25)(H,21,22). The number of hydroxylamine groups is 1. The number of morpholine rings is 1. The summed E-state index contributed by atoms with van der Waals surface area (Å²) in [4.78, 5) is 16.1.